The van der Waals surface area contributed by atoms with Crippen LogP contribution < -0.4 is 27.0 Å². The van der Waals surface area contributed by atoms with Gasteiger partial charge in [-0.15, -0.1) is 0 Å². The van der Waals surface area contributed by atoms with Crippen LogP contribution in [0.25, 0.3) is 0 Å². The molecule has 0 spiro atoms. The minimum atomic E-state index is -1.09. The Labute approximate surface area is 246 Å². The molecule has 228 valence electrons. The molecule has 0 fully saturated rings. The standard InChI is InChI=1S/C30H41N5O7/c1-22(36)34-25(28(38)33-19-17-31)14-8-9-18-32-27(37)16-15-26(29(39)41-20-23-10-4-2-5-11-23)35-30(40)42-21-24-12-6-3-7-13-24/h2-7,10-13,25-26H,8-9,14-21,31H2,1H3,(H,32,37)(H,33,38)(H,34,36)(H,35,40)/t25-,26-/m0/s1. The number of esters is 1. The fraction of sp³-hybridized carbons (Fsp3) is 0.433. The molecule has 2 aromatic carbocycles. The number of rotatable bonds is 18. The van der Waals surface area contributed by atoms with E-state index >= 15 is 0 Å². The molecule has 2 aromatic rings. The van der Waals surface area contributed by atoms with Gasteiger partial charge in [0.2, 0.25) is 17.7 Å². The van der Waals surface area contributed by atoms with Crippen molar-refractivity contribution in [3.05, 3.63) is 71.8 Å². The molecule has 6 N–H and O–H groups in total. The third-order valence-corrected chi connectivity index (χ3v) is 6.05. The van der Waals surface area contributed by atoms with E-state index in [1.54, 1.807) is 12.1 Å². The first-order valence-corrected chi connectivity index (χ1v) is 14.0. The van der Waals surface area contributed by atoms with E-state index in [-0.39, 0.29) is 43.8 Å². The van der Waals surface area contributed by atoms with E-state index in [1.807, 2.05) is 48.5 Å². The van der Waals surface area contributed by atoms with E-state index in [0.717, 1.165) is 11.1 Å². The van der Waals surface area contributed by atoms with Gasteiger partial charge in [0.05, 0.1) is 0 Å². The van der Waals surface area contributed by atoms with Crippen molar-refractivity contribution in [2.45, 2.75) is 64.3 Å². The first-order chi connectivity index (χ1) is 20.3. The molecule has 0 aromatic heterocycles. The zero-order valence-electron chi connectivity index (χ0n) is 23.9. The monoisotopic (exact) mass is 583 g/mol. The molecule has 0 saturated carbocycles. The number of amides is 4. The Bertz CT molecular complexity index is 1130. The fourth-order valence-corrected chi connectivity index (χ4v) is 3.88. The van der Waals surface area contributed by atoms with Crippen LogP contribution >= 0.6 is 0 Å². The zero-order valence-corrected chi connectivity index (χ0v) is 23.9. The summed E-state index contributed by atoms with van der Waals surface area (Å²) in [5, 5.41) is 10.6. The molecular formula is C30H41N5O7. The molecule has 0 unspecified atom stereocenters. The van der Waals surface area contributed by atoms with Gasteiger partial charge in [-0.1, -0.05) is 60.7 Å². The second-order valence-electron chi connectivity index (χ2n) is 9.57. The third kappa shape index (κ3) is 14.3. The van der Waals surface area contributed by atoms with Crippen LogP contribution in [0.2, 0.25) is 0 Å². The van der Waals surface area contributed by atoms with Crippen molar-refractivity contribution in [3.8, 4) is 0 Å². The predicted octanol–water partition coefficient (Wildman–Crippen LogP) is 1.67. The lowest BCUT2D eigenvalue weighted by Crippen LogP contribution is -2.47. The first-order valence-electron chi connectivity index (χ1n) is 14.0. The van der Waals surface area contributed by atoms with Crippen molar-refractivity contribution >= 4 is 29.8 Å². The third-order valence-electron chi connectivity index (χ3n) is 6.05. The zero-order chi connectivity index (χ0) is 30.6. The highest BCUT2D eigenvalue weighted by molar-refractivity contribution is 5.86. The minimum absolute atomic E-state index is 0.00577. The highest BCUT2D eigenvalue weighted by Crippen LogP contribution is 2.08. The number of ether oxygens (including phenoxy) is 2. The van der Waals surface area contributed by atoms with Crippen molar-refractivity contribution < 1.29 is 33.4 Å². The first kappa shape index (κ1) is 33.8. The molecule has 4 amide bonds. The van der Waals surface area contributed by atoms with Gasteiger partial charge in [0, 0.05) is 33.0 Å². The van der Waals surface area contributed by atoms with Crippen LogP contribution in [-0.4, -0.2) is 61.5 Å². The largest absolute Gasteiger partial charge is 0.459 e. The molecule has 0 heterocycles. The van der Waals surface area contributed by atoms with Crippen LogP contribution in [0.4, 0.5) is 4.79 Å². The molecule has 0 bridgehead atoms. The number of hydrogen-bond donors (Lipinski definition) is 5. The van der Waals surface area contributed by atoms with Crippen molar-refractivity contribution in [1.82, 2.24) is 21.3 Å². The number of hydrogen-bond acceptors (Lipinski definition) is 8. The Morgan fingerprint density at radius 2 is 1.36 bits per heavy atom. The molecule has 0 aliphatic rings. The molecule has 12 nitrogen and oxygen atoms in total. The Hall–Kier alpha value is -4.45. The quantitative estimate of drug-likeness (QED) is 0.130. The molecule has 0 saturated heterocycles. The maximum absolute atomic E-state index is 12.8. The van der Waals surface area contributed by atoms with Gasteiger partial charge in [0.25, 0.3) is 0 Å². The highest BCUT2D eigenvalue weighted by atomic mass is 16.6. The Morgan fingerprint density at radius 3 is 1.95 bits per heavy atom. The number of benzene rings is 2. The second kappa shape index (κ2) is 19.6. The smallest absolute Gasteiger partial charge is 0.408 e. The number of alkyl carbamates (subject to hydrolysis) is 1. The minimum Gasteiger partial charge on any atom is -0.459 e. The van der Waals surface area contributed by atoms with E-state index in [9.17, 15) is 24.0 Å². The average Bonchev–Trinajstić information content (AvgIpc) is 2.99. The van der Waals surface area contributed by atoms with E-state index in [4.69, 9.17) is 15.2 Å². The number of carbonyl (C=O) groups is 5. The topological polar surface area (TPSA) is 178 Å². The van der Waals surface area contributed by atoms with Gasteiger partial charge in [0.1, 0.15) is 25.3 Å². The maximum Gasteiger partial charge on any atom is 0.408 e. The van der Waals surface area contributed by atoms with Crippen LogP contribution in [0.3, 0.4) is 0 Å². The molecule has 2 rings (SSSR count). The number of unbranched alkanes of at least 4 members (excludes halogenated alkanes) is 1. The molecule has 12 heteroatoms. The fourth-order valence-electron chi connectivity index (χ4n) is 3.88. The van der Waals surface area contributed by atoms with Crippen LogP contribution in [0, 0.1) is 0 Å². The molecule has 0 aliphatic heterocycles. The SMILES string of the molecule is CC(=O)N[C@@H](CCCCNC(=O)CC[C@H](NC(=O)OCc1ccccc1)C(=O)OCc1ccccc1)C(=O)NCCN. The lowest BCUT2D eigenvalue weighted by Gasteiger charge is -2.18. The number of nitrogens with two attached hydrogens (primary N) is 1. The van der Waals surface area contributed by atoms with Crippen molar-refractivity contribution in [1.29, 1.82) is 0 Å². The Balaban J connectivity index is 1.81. The van der Waals surface area contributed by atoms with E-state index < -0.39 is 24.1 Å². The number of carbonyl (C=O) groups excluding carboxylic acids is 5. The maximum atomic E-state index is 12.8. The van der Waals surface area contributed by atoms with Crippen molar-refractivity contribution in [2.75, 3.05) is 19.6 Å². The predicted molar refractivity (Wildman–Crippen MR) is 156 cm³/mol. The molecule has 0 aliphatic carbocycles. The summed E-state index contributed by atoms with van der Waals surface area (Å²) in [5.41, 5.74) is 6.98. The Kier molecular flexibility index (Phi) is 15.7. The average molecular weight is 584 g/mol. The molecule has 2 atom stereocenters. The van der Waals surface area contributed by atoms with Gasteiger partial charge in [-0.05, 0) is 36.8 Å². The van der Waals surface area contributed by atoms with Crippen molar-refractivity contribution in [2.24, 2.45) is 5.73 Å². The van der Waals surface area contributed by atoms with Crippen LogP contribution in [0.15, 0.2) is 60.7 Å². The lowest BCUT2D eigenvalue weighted by molar-refractivity contribution is -0.147. The molecular weight excluding hydrogens is 542 g/mol. The van der Waals surface area contributed by atoms with E-state index in [0.29, 0.717) is 38.9 Å². The summed E-state index contributed by atoms with van der Waals surface area (Å²) in [6.45, 7) is 2.33. The van der Waals surface area contributed by atoms with Crippen LogP contribution in [0.1, 0.15) is 50.2 Å². The summed E-state index contributed by atoms with van der Waals surface area (Å²) in [6, 6.07) is 16.4. The summed E-state index contributed by atoms with van der Waals surface area (Å²) in [4.78, 5) is 61.3. The van der Waals surface area contributed by atoms with Gasteiger partial charge >= 0.3 is 12.1 Å². The van der Waals surface area contributed by atoms with Crippen molar-refractivity contribution in [3.63, 3.8) is 0 Å². The Morgan fingerprint density at radius 1 is 0.738 bits per heavy atom. The highest BCUT2D eigenvalue weighted by Gasteiger charge is 2.24. The summed E-state index contributed by atoms with van der Waals surface area (Å²) in [5.74, 6) is -1.61. The summed E-state index contributed by atoms with van der Waals surface area (Å²) in [7, 11) is 0. The molecule has 42 heavy (non-hydrogen) atoms. The molecule has 0 radical (unpaired) electrons. The van der Waals surface area contributed by atoms with Gasteiger partial charge in [-0.2, -0.15) is 0 Å². The van der Waals surface area contributed by atoms with Gasteiger partial charge in [0.15, 0.2) is 0 Å². The van der Waals surface area contributed by atoms with E-state index in [1.165, 1.54) is 6.92 Å². The summed E-state index contributed by atoms with van der Waals surface area (Å²) in [6.07, 6.45) is 0.704. The van der Waals surface area contributed by atoms with Crippen LogP contribution in [-0.2, 0) is 41.9 Å². The summed E-state index contributed by atoms with van der Waals surface area (Å²) >= 11 is 0. The van der Waals surface area contributed by atoms with Crippen LogP contribution in [0.5, 0.6) is 0 Å². The summed E-state index contributed by atoms with van der Waals surface area (Å²) < 4.78 is 10.6. The lowest BCUT2D eigenvalue weighted by atomic mass is 10.1. The van der Waals surface area contributed by atoms with Gasteiger partial charge in [-0.3, -0.25) is 14.4 Å². The number of nitrogens with one attached hydrogen (secondary N) is 4. The van der Waals surface area contributed by atoms with Gasteiger partial charge < -0.3 is 36.5 Å². The van der Waals surface area contributed by atoms with Gasteiger partial charge in [-0.25, -0.2) is 9.59 Å². The van der Waals surface area contributed by atoms with E-state index in [2.05, 4.69) is 21.3 Å². The second-order valence-corrected chi connectivity index (χ2v) is 9.57. The normalized spacial score (nSPS) is 11.9.